The molecule has 0 aliphatic carbocycles. The Morgan fingerprint density at radius 3 is 2.50 bits per heavy atom. The lowest BCUT2D eigenvalue weighted by molar-refractivity contribution is -0.140. The van der Waals surface area contributed by atoms with Gasteiger partial charge in [-0.05, 0) is 26.8 Å². The van der Waals surface area contributed by atoms with Crippen LogP contribution in [-0.4, -0.2) is 36.1 Å². The lowest BCUT2D eigenvalue weighted by Crippen LogP contribution is -2.23. The van der Waals surface area contributed by atoms with Crippen LogP contribution in [-0.2, 0) is 14.3 Å². The van der Waals surface area contributed by atoms with Crippen molar-refractivity contribution in [3.63, 3.8) is 0 Å². The molecule has 1 rings (SSSR count). The minimum Gasteiger partial charge on any atom is -0.508 e. The first-order chi connectivity index (χ1) is 10.1. The number of carbonyl (C=O) groups excluding carboxylic acids is 2. The average molecular weight is 311 g/mol. The van der Waals surface area contributed by atoms with E-state index in [1.807, 2.05) is 0 Å². The fourth-order valence-corrected chi connectivity index (χ4v) is 1.59. The number of ether oxygens (including phenoxy) is 2. The first-order valence-electron chi connectivity index (χ1n) is 6.47. The van der Waals surface area contributed by atoms with Gasteiger partial charge in [-0.2, -0.15) is 4.99 Å². The second kappa shape index (κ2) is 7.02. The largest absolute Gasteiger partial charge is 0.508 e. The Morgan fingerprint density at radius 1 is 1.36 bits per heavy atom. The summed E-state index contributed by atoms with van der Waals surface area (Å²) in [6, 6.07) is 3.29. The van der Waals surface area contributed by atoms with Crippen LogP contribution >= 0.6 is 0 Å². The Kier molecular flexibility index (Phi) is 5.62. The highest BCUT2D eigenvalue weighted by molar-refractivity contribution is 5.99. The zero-order valence-electron chi connectivity index (χ0n) is 12.8. The van der Waals surface area contributed by atoms with E-state index in [2.05, 4.69) is 9.73 Å². The quantitative estimate of drug-likeness (QED) is 0.685. The number of hydrogen-bond donors (Lipinski definition) is 1. The van der Waals surface area contributed by atoms with Crippen LogP contribution in [0.1, 0.15) is 32.3 Å². The number of rotatable bonds is 3. The van der Waals surface area contributed by atoms with E-state index < -0.39 is 29.4 Å². The molecule has 7 heteroatoms. The second-order valence-corrected chi connectivity index (χ2v) is 5.47. The standard InChI is InChI=1S/C15H18FNO5/c1-15(2,3)22-14(20)17-8-11(13(19)21-4)10-6-5-9(18)7-12(10)16/h5-8,11,18H,1-4H3/b17-8+. The number of phenolic OH excluding ortho intramolecular Hbond substituents is 1. The molecule has 0 saturated carbocycles. The Balaban J connectivity index is 3.04. The van der Waals surface area contributed by atoms with Gasteiger partial charge >= 0.3 is 12.1 Å². The second-order valence-electron chi connectivity index (χ2n) is 5.47. The minimum atomic E-state index is -1.22. The van der Waals surface area contributed by atoms with Crippen LogP contribution in [0.25, 0.3) is 0 Å². The summed E-state index contributed by atoms with van der Waals surface area (Å²) in [7, 11) is 1.13. The van der Waals surface area contributed by atoms with Crippen LogP contribution in [0.4, 0.5) is 9.18 Å². The fourth-order valence-electron chi connectivity index (χ4n) is 1.59. The van der Waals surface area contributed by atoms with E-state index in [1.54, 1.807) is 20.8 Å². The molecular weight excluding hydrogens is 293 g/mol. The van der Waals surface area contributed by atoms with E-state index in [9.17, 15) is 19.1 Å². The van der Waals surface area contributed by atoms with Crippen LogP contribution in [0, 0.1) is 5.82 Å². The topological polar surface area (TPSA) is 85.2 Å². The van der Waals surface area contributed by atoms with Crippen molar-refractivity contribution in [3.05, 3.63) is 29.6 Å². The molecule has 0 aliphatic rings. The van der Waals surface area contributed by atoms with Crippen molar-refractivity contribution in [2.45, 2.75) is 32.3 Å². The molecular formula is C15H18FNO5. The summed E-state index contributed by atoms with van der Waals surface area (Å²) in [6.07, 6.45) is 0.0515. The highest BCUT2D eigenvalue weighted by Gasteiger charge is 2.24. The SMILES string of the molecule is COC(=O)C(/C=N/C(=O)OC(C)(C)C)c1ccc(O)cc1F. The molecule has 0 radical (unpaired) electrons. The minimum absolute atomic E-state index is 0.0723. The number of phenols is 1. The molecule has 1 aromatic rings. The van der Waals surface area contributed by atoms with E-state index in [0.717, 1.165) is 19.4 Å². The summed E-state index contributed by atoms with van der Waals surface area (Å²) >= 11 is 0. The number of nitrogens with zero attached hydrogens (tertiary/aromatic N) is 1. The highest BCUT2D eigenvalue weighted by atomic mass is 19.1. The molecule has 0 aliphatic heterocycles. The van der Waals surface area contributed by atoms with Crippen molar-refractivity contribution in [2.75, 3.05) is 7.11 Å². The van der Waals surface area contributed by atoms with E-state index in [4.69, 9.17) is 4.74 Å². The van der Waals surface area contributed by atoms with Crippen LogP contribution in [0.2, 0.25) is 0 Å². The summed E-state index contributed by atoms with van der Waals surface area (Å²) in [4.78, 5) is 26.8. The third-order valence-electron chi connectivity index (χ3n) is 2.50. The molecule has 0 saturated heterocycles. The zero-order valence-corrected chi connectivity index (χ0v) is 12.8. The maximum atomic E-state index is 13.8. The third-order valence-corrected chi connectivity index (χ3v) is 2.50. The number of halogens is 1. The zero-order chi connectivity index (χ0) is 16.9. The third kappa shape index (κ3) is 5.16. The normalized spacial score (nSPS) is 13.0. The van der Waals surface area contributed by atoms with E-state index in [1.165, 1.54) is 12.1 Å². The van der Waals surface area contributed by atoms with Crippen molar-refractivity contribution in [3.8, 4) is 5.75 Å². The maximum Gasteiger partial charge on any atom is 0.433 e. The molecule has 120 valence electrons. The van der Waals surface area contributed by atoms with E-state index in [-0.39, 0.29) is 11.3 Å². The summed E-state index contributed by atoms with van der Waals surface area (Å²) in [5, 5.41) is 9.20. The average Bonchev–Trinajstić information content (AvgIpc) is 2.38. The van der Waals surface area contributed by atoms with Gasteiger partial charge in [-0.3, -0.25) is 4.79 Å². The molecule has 6 nitrogen and oxygen atoms in total. The Hall–Kier alpha value is -2.44. The first-order valence-corrected chi connectivity index (χ1v) is 6.47. The number of aliphatic imine (C=N–C) groups is 1. The van der Waals surface area contributed by atoms with Crippen molar-refractivity contribution >= 4 is 18.3 Å². The molecule has 1 atom stereocenters. The van der Waals surface area contributed by atoms with Gasteiger partial charge in [0.05, 0.1) is 7.11 Å². The number of esters is 1. The number of carbonyl (C=O) groups is 2. The summed E-state index contributed by atoms with van der Waals surface area (Å²) in [6.45, 7) is 4.99. The Bertz CT molecular complexity index is 592. The predicted octanol–water partition coefficient (Wildman–Crippen LogP) is 2.79. The molecule has 0 bridgehead atoms. The smallest absolute Gasteiger partial charge is 0.433 e. The molecule has 0 spiro atoms. The van der Waals surface area contributed by atoms with Gasteiger partial charge in [0, 0.05) is 17.8 Å². The Morgan fingerprint density at radius 2 is 2.00 bits per heavy atom. The van der Waals surface area contributed by atoms with Crippen LogP contribution in [0.3, 0.4) is 0 Å². The van der Waals surface area contributed by atoms with Crippen molar-refractivity contribution in [1.82, 2.24) is 0 Å². The van der Waals surface area contributed by atoms with Gasteiger partial charge in [0.2, 0.25) is 0 Å². The summed E-state index contributed by atoms with van der Waals surface area (Å²) in [5.41, 5.74) is -0.809. The monoisotopic (exact) mass is 311 g/mol. The number of methoxy groups -OCH3 is 1. The lowest BCUT2D eigenvalue weighted by Gasteiger charge is -2.17. The Labute approximate surface area is 127 Å². The number of hydrogen-bond acceptors (Lipinski definition) is 5. The predicted molar refractivity (Wildman–Crippen MR) is 77.5 cm³/mol. The number of amides is 1. The lowest BCUT2D eigenvalue weighted by atomic mass is 9.99. The molecule has 1 amide bonds. The van der Waals surface area contributed by atoms with Crippen molar-refractivity contribution in [2.24, 2.45) is 4.99 Å². The molecule has 1 unspecified atom stereocenters. The molecule has 1 aromatic carbocycles. The summed E-state index contributed by atoms with van der Waals surface area (Å²) in [5.74, 6) is -3.12. The van der Waals surface area contributed by atoms with Crippen molar-refractivity contribution in [1.29, 1.82) is 0 Å². The summed E-state index contributed by atoms with van der Waals surface area (Å²) < 4.78 is 23.4. The molecule has 0 fully saturated rings. The van der Waals surface area contributed by atoms with Gasteiger partial charge < -0.3 is 14.6 Å². The van der Waals surface area contributed by atoms with Gasteiger partial charge in [-0.25, -0.2) is 9.18 Å². The first kappa shape index (κ1) is 17.6. The van der Waals surface area contributed by atoms with Gasteiger partial charge in [-0.1, -0.05) is 6.07 Å². The van der Waals surface area contributed by atoms with Crippen LogP contribution < -0.4 is 0 Å². The molecule has 22 heavy (non-hydrogen) atoms. The maximum absolute atomic E-state index is 13.8. The fraction of sp³-hybridized carbons (Fsp3) is 0.400. The molecule has 1 N–H and O–H groups in total. The molecule has 0 aromatic heterocycles. The van der Waals surface area contributed by atoms with Crippen molar-refractivity contribution < 1.29 is 28.6 Å². The van der Waals surface area contributed by atoms with E-state index >= 15 is 0 Å². The number of aromatic hydroxyl groups is 1. The number of benzene rings is 1. The molecule has 0 heterocycles. The van der Waals surface area contributed by atoms with Gasteiger partial charge in [-0.15, -0.1) is 0 Å². The van der Waals surface area contributed by atoms with Crippen LogP contribution in [0.15, 0.2) is 23.2 Å². The van der Waals surface area contributed by atoms with Crippen LogP contribution in [0.5, 0.6) is 5.75 Å². The van der Waals surface area contributed by atoms with Gasteiger partial charge in [0.15, 0.2) is 0 Å². The van der Waals surface area contributed by atoms with Gasteiger partial charge in [0.1, 0.15) is 23.1 Å². The van der Waals surface area contributed by atoms with E-state index in [0.29, 0.717) is 0 Å². The highest BCUT2D eigenvalue weighted by Crippen LogP contribution is 2.23. The van der Waals surface area contributed by atoms with Gasteiger partial charge in [0.25, 0.3) is 0 Å².